The minimum absolute atomic E-state index is 0.0730. The van der Waals surface area contributed by atoms with Crippen LogP contribution in [0.25, 0.3) is 0 Å². The summed E-state index contributed by atoms with van der Waals surface area (Å²) in [5, 5.41) is 0. The number of carbonyl (C=O) groups excluding carboxylic acids is 1. The van der Waals surface area contributed by atoms with E-state index in [0.29, 0.717) is 18.8 Å². The molecule has 1 amide bonds. The third-order valence-corrected chi connectivity index (χ3v) is 3.47. The van der Waals surface area contributed by atoms with Crippen LogP contribution in [0.15, 0.2) is 42.5 Å². The van der Waals surface area contributed by atoms with E-state index in [0.717, 1.165) is 16.7 Å². The second kappa shape index (κ2) is 4.43. The first kappa shape index (κ1) is 11.8. The van der Waals surface area contributed by atoms with Crippen LogP contribution in [0.4, 0.5) is 5.69 Å². The van der Waals surface area contributed by atoms with Crippen molar-refractivity contribution in [3.8, 4) is 0 Å². The average molecular weight is 252 g/mol. The Morgan fingerprint density at radius 2 is 2.05 bits per heavy atom. The van der Waals surface area contributed by atoms with Gasteiger partial charge in [-0.05, 0) is 30.2 Å². The zero-order valence-corrected chi connectivity index (χ0v) is 10.9. The summed E-state index contributed by atoms with van der Waals surface area (Å²) >= 11 is 0. The standard InChI is InChI=1S/C16H16N2O/c1-11-3-2-4-12(7-11)9-18-10-13-5-6-14(17)8-15(13)16(18)19/h2-8H,9-10,17H2,1H3. The molecular formula is C16H16N2O. The van der Waals surface area contributed by atoms with E-state index in [1.54, 1.807) is 6.07 Å². The van der Waals surface area contributed by atoms with Gasteiger partial charge in [-0.2, -0.15) is 0 Å². The van der Waals surface area contributed by atoms with Crippen LogP contribution in [0.5, 0.6) is 0 Å². The lowest BCUT2D eigenvalue weighted by Gasteiger charge is -2.15. The van der Waals surface area contributed by atoms with E-state index in [2.05, 4.69) is 25.1 Å². The van der Waals surface area contributed by atoms with Gasteiger partial charge < -0.3 is 10.6 Å². The Bertz CT molecular complexity index is 649. The molecule has 96 valence electrons. The predicted molar refractivity (Wildman–Crippen MR) is 75.6 cm³/mol. The van der Waals surface area contributed by atoms with Crippen molar-refractivity contribution in [2.75, 3.05) is 5.73 Å². The van der Waals surface area contributed by atoms with Gasteiger partial charge >= 0.3 is 0 Å². The molecular weight excluding hydrogens is 236 g/mol. The fourth-order valence-electron chi connectivity index (χ4n) is 2.54. The van der Waals surface area contributed by atoms with E-state index in [4.69, 9.17) is 5.73 Å². The Morgan fingerprint density at radius 1 is 1.21 bits per heavy atom. The van der Waals surface area contributed by atoms with Crippen LogP contribution in [0, 0.1) is 6.92 Å². The van der Waals surface area contributed by atoms with Gasteiger partial charge in [0.15, 0.2) is 0 Å². The lowest BCUT2D eigenvalue weighted by Crippen LogP contribution is -2.23. The normalized spacial score (nSPS) is 13.7. The fourth-order valence-corrected chi connectivity index (χ4v) is 2.54. The Morgan fingerprint density at radius 3 is 2.84 bits per heavy atom. The SMILES string of the molecule is Cc1cccc(CN2Cc3ccc(N)cc3C2=O)c1. The minimum Gasteiger partial charge on any atom is -0.399 e. The molecule has 0 aliphatic carbocycles. The molecule has 0 aromatic heterocycles. The van der Waals surface area contributed by atoms with Crippen molar-refractivity contribution in [3.63, 3.8) is 0 Å². The maximum atomic E-state index is 12.3. The van der Waals surface area contributed by atoms with Crippen molar-refractivity contribution in [2.45, 2.75) is 20.0 Å². The minimum atomic E-state index is 0.0730. The zero-order chi connectivity index (χ0) is 13.4. The maximum absolute atomic E-state index is 12.3. The van der Waals surface area contributed by atoms with Gasteiger partial charge in [-0.3, -0.25) is 4.79 Å². The van der Waals surface area contributed by atoms with Crippen molar-refractivity contribution in [1.29, 1.82) is 0 Å². The van der Waals surface area contributed by atoms with Crippen molar-refractivity contribution in [2.24, 2.45) is 0 Å². The van der Waals surface area contributed by atoms with Gasteiger partial charge in [0.25, 0.3) is 5.91 Å². The first-order valence-corrected chi connectivity index (χ1v) is 6.37. The van der Waals surface area contributed by atoms with Gasteiger partial charge in [-0.15, -0.1) is 0 Å². The number of hydrogen-bond donors (Lipinski definition) is 1. The Hall–Kier alpha value is -2.29. The summed E-state index contributed by atoms with van der Waals surface area (Å²) in [7, 11) is 0. The van der Waals surface area contributed by atoms with Crippen molar-refractivity contribution >= 4 is 11.6 Å². The number of benzene rings is 2. The molecule has 2 N–H and O–H groups in total. The van der Waals surface area contributed by atoms with Crippen LogP contribution in [0.3, 0.4) is 0 Å². The lowest BCUT2D eigenvalue weighted by molar-refractivity contribution is 0.0766. The first-order chi connectivity index (χ1) is 9.13. The Kier molecular flexibility index (Phi) is 2.75. The Balaban J connectivity index is 1.84. The van der Waals surface area contributed by atoms with Crippen LogP contribution < -0.4 is 5.73 Å². The molecule has 0 radical (unpaired) electrons. The van der Waals surface area contributed by atoms with Crippen LogP contribution in [0.2, 0.25) is 0 Å². The molecule has 3 heteroatoms. The number of carbonyl (C=O) groups is 1. The highest BCUT2D eigenvalue weighted by atomic mass is 16.2. The number of fused-ring (bicyclic) bond motifs is 1. The van der Waals surface area contributed by atoms with Gasteiger partial charge in [-0.25, -0.2) is 0 Å². The van der Waals surface area contributed by atoms with Crippen molar-refractivity contribution < 1.29 is 4.79 Å². The monoisotopic (exact) mass is 252 g/mol. The molecule has 2 aromatic rings. The Labute approximate surface area is 112 Å². The lowest BCUT2D eigenvalue weighted by atomic mass is 10.1. The smallest absolute Gasteiger partial charge is 0.254 e. The number of rotatable bonds is 2. The van der Waals surface area contributed by atoms with E-state index in [-0.39, 0.29) is 5.91 Å². The summed E-state index contributed by atoms with van der Waals surface area (Å²) < 4.78 is 0. The number of nitrogens with zero attached hydrogens (tertiary/aromatic N) is 1. The molecule has 0 saturated carbocycles. The molecule has 3 nitrogen and oxygen atoms in total. The molecule has 3 rings (SSSR count). The number of hydrogen-bond acceptors (Lipinski definition) is 2. The molecule has 1 aliphatic heterocycles. The van der Waals surface area contributed by atoms with Crippen molar-refractivity contribution in [1.82, 2.24) is 4.90 Å². The van der Waals surface area contributed by atoms with Crippen LogP contribution in [-0.4, -0.2) is 10.8 Å². The number of anilines is 1. The fraction of sp³-hybridized carbons (Fsp3) is 0.188. The highest BCUT2D eigenvalue weighted by Crippen LogP contribution is 2.26. The largest absolute Gasteiger partial charge is 0.399 e. The molecule has 0 unspecified atom stereocenters. The number of amides is 1. The molecule has 1 heterocycles. The van der Waals surface area contributed by atoms with Crippen LogP contribution >= 0.6 is 0 Å². The zero-order valence-electron chi connectivity index (χ0n) is 10.9. The summed E-state index contributed by atoms with van der Waals surface area (Å²) in [6.45, 7) is 3.38. The summed E-state index contributed by atoms with van der Waals surface area (Å²) in [6.07, 6.45) is 0. The van der Waals surface area contributed by atoms with E-state index in [1.165, 1.54) is 5.56 Å². The van der Waals surface area contributed by atoms with Gasteiger partial charge in [0.1, 0.15) is 0 Å². The van der Waals surface area contributed by atoms with E-state index >= 15 is 0 Å². The first-order valence-electron chi connectivity index (χ1n) is 6.37. The molecule has 0 spiro atoms. The molecule has 0 fully saturated rings. The number of nitrogens with two attached hydrogens (primary N) is 1. The number of nitrogen functional groups attached to an aromatic ring is 1. The summed E-state index contributed by atoms with van der Waals surface area (Å²) in [4.78, 5) is 14.2. The maximum Gasteiger partial charge on any atom is 0.254 e. The highest BCUT2D eigenvalue weighted by Gasteiger charge is 2.27. The second-order valence-corrected chi connectivity index (χ2v) is 5.07. The summed E-state index contributed by atoms with van der Waals surface area (Å²) in [5.41, 5.74) is 10.6. The highest BCUT2D eigenvalue weighted by molar-refractivity contribution is 5.99. The third kappa shape index (κ3) is 2.19. The van der Waals surface area contributed by atoms with E-state index < -0.39 is 0 Å². The topological polar surface area (TPSA) is 46.3 Å². The van der Waals surface area contributed by atoms with E-state index in [9.17, 15) is 4.79 Å². The molecule has 0 bridgehead atoms. The van der Waals surface area contributed by atoms with Crippen LogP contribution in [-0.2, 0) is 13.1 Å². The summed E-state index contributed by atoms with van der Waals surface area (Å²) in [5.74, 6) is 0.0730. The average Bonchev–Trinajstić information content (AvgIpc) is 2.67. The second-order valence-electron chi connectivity index (χ2n) is 5.07. The van der Waals surface area contributed by atoms with Gasteiger partial charge in [0.2, 0.25) is 0 Å². The molecule has 0 atom stereocenters. The number of aryl methyl sites for hydroxylation is 1. The molecule has 1 aliphatic rings. The quantitative estimate of drug-likeness (QED) is 0.835. The van der Waals surface area contributed by atoms with Gasteiger partial charge in [0, 0.05) is 24.3 Å². The predicted octanol–water partition coefficient (Wildman–Crippen LogP) is 2.73. The van der Waals surface area contributed by atoms with Gasteiger partial charge in [-0.1, -0.05) is 35.9 Å². The third-order valence-electron chi connectivity index (χ3n) is 3.47. The van der Waals surface area contributed by atoms with Gasteiger partial charge in [0.05, 0.1) is 0 Å². The van der Waals surface area contributed by atoms with Crippen molar-refractivity contribution in [3.05, 3.63) is 64.7 Å². The molecule has 2 aromatic carbocycles. The summed E-state index contributed by atoms with van der Waals surface area (Å²) in [6, 6.07) is 13.8. The van der Waals surface area contributed by atoms with Crippen LogP contribution in [0.1, 0.15) is 27.0 Å². The van der Waals surface area contributed by atoms with E-state index in [1.807, 2.05) is 23.1 Å². The molecule has 0 saturated heterocycles. The molecule has 19 heavy (non-hydrogen) atoms.